The van der Waals surface area contributed by atoms with E-state index in [-0.39, 0.29) is 49.1 Å². The maximum absolute atomic E-state index is 14.5. The largest absolute Gasteiger partial charge is 0.491 e. The molecule has 0 saturated carbocycles. The van der Waals surface area contributed by atoms with E-state index in [0.717, 1.165) is 18.4 Å². The SMILES string of the molecule is O=C(c1ccccc1F)N(CC(=O)N1CCc2sccc2[C@@H]1COc1ccc(F)cc1)C[C@H]1CCCO1. The van der Waals surface area contributed by atoms with Crippen molar-refractivity contribution >= 4 is 23.2 Å². The van der Waals surface area contributed by atoms with Crippen molar-refractivity contribution in [2.75, 3.05) is 32.8 Å². The van der Waals surface area contributed by atoms with Crippen molar-refractivity contribution in [3.05, 3.63) is 87.6 Å². The molecule has 2 aliphatic heterocycles. The molecule has 5 rings (SSSR count). The summed E-state index contributed by atoms with van der Waals surface area (Å²) in [7, 11) is 0. The minimum Gasteiger partial charge on any atom is -0.491 e. The molecule has 0 unspecified atom stereocenters. The van der Waals surface area contributed by atoms with Gasteiger partial charge < -0.3 is 19.3 Å². The van der Waals surface area contributed by atoms with Crippen LogP contribution in [0.2, 0.25) is 0 Å². The Morgan fingerprint density at radius 1 is 1.11 bits per heavy atom. The monoisotopic (exact) mass is 526 g/mol. The van der Waals surface area contributed by atoms with Crippen LogP contribution in [0.3, 0.4) is 0 Å². The molecule has 9 heteroatoms. The van der Waals surface area contributed by atoms with Gasteiger partial charge in [-0.3, -0.25) is 9.59 Å². The van der Waals surface area contributed by atoms with Crippen LogP contribution in [-0.2, 0) is 16.0 Å². The number of halogens is 2. The van der Waals surface area contributed by atoms with Crippen molar-refractivity contribution < 1.29 is 27.8 Å². The lowest BCUT2D eigenvalue weighted by molar-refractivity contribution is -0.135. The maximum Gasteiger partial charge on any atom is 0.257 e. The summed E-state index contributed by atoms with van der Waals surface area (Å²) < 4.78 is 39.5. The molecular formula is C28H28F2N2O4S. The van der Waals surface area contributed by atoms with Gasteiger partial charge in [0.25, 0.3) is 5.91 Å². The number of fused-ring (bicyclic) bond motifs is 1. The van der Waals surface area contributed by atoms with Gasteiger partial charge in [0.05, 0.1) is 17.7 Å². The van der Waals surface area contributed by atoms with Gasteiger partial charge in [0.2, 0.25) is 5.91 Å². The van der Waals surface area contributed by atoms with Gasteiger partial charge in [0.15, 0.2) is 0 Å². The summed E-state index contributed by atoms with van der Waals surface area (Å²) in [5, 5.41) is 2.00. The zero-order valence-electron chi connectivity index (χ0n) is 20.3. The molecule has 37 heavy (non-hydrogen) atoms. The van der Waals surface area contributed by atoms with Crippen LogP contribution in [0.15, 0.2) is 60.0 Å². The summed E-state index contributed by atoms with van der Waals surface area (Å²) in [5.41, 5.74) is 0.945. The fourth-order valence-corrected chi connectivity index (χ4v) is 5.82. The number of rotatable bonds is 8. The first-order chi connectivity index (χ1) is 18.0. The van der Waals surface area contributed by atoms with Crippen molar-refractivity contribution in [2.45, 2.75) is 31.4 Å². The molecule has 1 aromatic heterocycles. The molecule has 0 aliphatic carbocycles. The Morgan fingerprint density at radius 3 is 2.68 bits per heavy atom. The number of amides is 2. The van der Waals surface area contributed by atoms with E-state index in [4.69, 9.17) is 9.47 Å². The number of ether oxygens (including phenoxy) is 2. The van der Waals surface area contributed by atoms with Gasteiger partial charge in [-0.15, -0.1) is 11.3 Å². The third-order valence-corrected chi connectivity index (χ3v) is 7.80. The lowest BCUT2D eigenvalue weighted by atomic mass is 10.00. The van der Waals surface area contributed by atoms with Gasteiger partial charge in [-0.1, -0.05) is 12.1 Å². The van der Waals surface area contributed by atoms with Crippen LogP contribution < -0.4 is 4.74 Å². The summed E-state index contributed by atoms with van der Waals surface area (Å²) in [6.07, 6.45) is 2.19. The second-order valence-electron chi connectivity index (χ2n) is 9.22. The number of nitrogens with zero attached hydrogens (tertiary/aromatic N) is 2. The second kappa shape index (κ2) is 11.4. The van der Waals surface area contributed by atoms with Gasteiger partial charge in [-0.25, -0.2) is 8.78 Å². The topological polar surface area (TPSA) is 59.1 Å². The highest BCUT2D eigenvalue weighted by Crippen LogP contribution is 2.34. The highest BCUT2D eigenvalue weighted by molar-refractivity contribution is 7.10. The minimum absolute atomic E-state index is 0.0664. The van der Waals surface area contributed by atoms with E-state index in [1.165, 1.54) is 40.1 Å². The van der Waals surface area contributed by atoms with Crippen molar-refractivity contribution in [1.82, 2.24) is 9.80 Å². The predicted molar refractivity (Wildman–Crippen MR) is 136 cm³/mol. The molecule has 0 spiro atoms. The van der Waals surface area contributed by atoms with E-state index in [2.05, 4.69) is 0 Å². The van der Waals surface area contributed by atoms with Gasteiger partial charge in [0, 0.05) is 24.6 Å². The lowest BCUT2D eigenvalue weighted by Crippen LogP contribution is -2.49. The number of thiophene rings is 1. The first-order valence-electron chi connectivity index (χ1n) is 12.4. The molecule has 3 heterocycles. The fraction of sp³-hybridized carbons (Fsp3) is 0.357. The Balaban J connectivity index is 1.36. The van der Waals surface area contributed by atoms with Crippen LogP contribution in [0.1, 0.15) is 39.7 Å². The molecule has 6 nitrogen and oxygen atoms in total. The van der Waals surface area contributed by atoms with E-state index in [1.807, 2.05) is 11.4 Å². The summed E-state index contributed by atoms with van der Waals surface area (Å²) >= 11 is 1.64. The number of hydrogen-bond acceptors (Lipinski definition) is 5. The molecule has 194 valence electrons. The number of benzene rings is 2. The third-order valence-electron chi connectivity index (χ3n) is 6.80. The zero-order valence-corrected chi connectivity index (χ0v) is 21.1. The Kier molecular flexibility index (Phi) is 7.81. The van der Waals surface area contributed by atoms with Crippen LogP contribution >= 0.6 is 11.3 Å². The minimum atomic E-state index is -0.622. The average Bonchev–Trinajstić information content (AvgIpc) is 3.60. The summed E-state index contributed by atoms with van der Waals surface area (Å²) in [5.74, 6) is -1.25. The highest BCUT2D eigenvalue weighted by Gasteiger charge is 2.35. The average molecular weight is 527 g/mol. The second-order valence-corrected chi connectivity index (χ2v) is 10.2. The van der Waals surface area contributed by atoms with Crippen LogP contribution in [-0.4, -0.2) is 60.6 Å². The van der Waals surface area contributed by atoms with Gasteiger partial charge in [0.1, 0.15) is 30.5 Å². The van der Waals surface area contributed by atoms with E-state index in [0.29, 0.717) is 25.3 Å². The zero-order chi connectivity index (χ0) is 25.8. The smallest absolute Gasteiger partial charge is 0.257 e. The normalized spacial score (nSPS) is 18.9. The van der Waals surface area contributed by atoms with Crippen molar-refractivity contribution in [3.8, 4) is 5.75 Å². The highest BCUT2D eigenvalue weighted by atomic mass is 32.1. The quantitative estimate of drug-likeness (QED) is 0.421. The number of carbonyl (C=O) groups excluding carboxylic acids is 2. The van der Waals surface area contributed by atoms with E-state index < -0.39 is 11.7 Å². The Hall–Kier alpha value is -3.30. The lowest BCUT2D eigenvalue weighted by Gasteiger charge is -2.37. The molecule has 0 radical (unpaired) electrons. The van der Waals surface area contributed by atoms with Gasteiger partial charge >= 0.3 is 0 Å². The fourth-order valence-electron chi connectivity index (χ4n) is 4.89. The van der Waals surface area contributed by atoms with Crippen molar-refractivity contribution in [3.63, 3.8) is 0 Å². The van der Waals surface area contributed by atoms with Gasteiger partial charge in [-0.05, 0) is 72.7 Å². The standard InChI is InChI=1S/C28H28F2N2O4S/c29-19-7-9-20(10-8-19)36-18-25-23-12-15-37-26(23)11-13-32(25)27(33)17-31(16-21-4-3-14-35-21)28(34)22-5-1-2-6-24(22)30/h1-2,5-10,12,15,21,25H,3-4,11,13-14,16-18H2/t21-,25+/m1/s1. The third kappa shape index (κ3) is 5.83. The van der Waals surface area contributed by atoms with E-state index in [9.17, 15) is 18.4 Å². The number of carbonyl (C=O) groups is 2. The van der Waals surface area contributed by atoms with Gasteiger partial charge in [-0.2, -0.15) is 0 Å². The van der Waals surface area contributed by atoms with Crippen LogP contribution in [0.25, 0.3) is 0 Å². The molecular weight excluding hydrogens is 498 g/mol. The summed E-state index contributed by atoms with van der Waals surface area (Å²) in [6.45, 7) is 1.29. The van der Waals surface area contributed by atoms with E-state index >= 15 is 0 Å². The van der Waals surface area contributed by atoms with Crippen molar-refractivity contribution in [1.29, 1.82) is 0 Å². The number of hydrogen-bond donors (Lipinski definition) is 0. The first-order valence-corrected chi connectivity index (χ1v) is 13.3. The Labute approximate surface area is 218 Å². The first kappa shape index (κ1) is 25.4. The predicted octanol–water partition coefficient (Wildman–Crippen LogP) is 4.85. The Morgan fingerprint density at radius 2 is 1.92 bits per heavy atom. The molecule has 0 bridgehead atoms. The molecule has 2 aromatic carbocycles. The molecule has 1 saturated heterocycles. The molecule has 0 N–H and O–H groups in total. The van der Waals surface area contributed by atoms with E-state index in [1.54, 1.807) is 34.4 Å². The Bertz CT molecular complexity index is 1240. The van der Waals surface area contributed by atoms with Crippen LogP contribution in [0, 0.1) is 11.6 Å². The van der Waals surface area contributed by atoms with Crippen molar-refractivity contribution in [2.24, 2.45) is 0 Å². The molecule has 2 amide bonds. The summed E-state index contributed by atoms with van der Waals surface area (Å²) in [6, 6.07) is 13.2. The summed E-state index contributed by atoms with van der Waals surface area (Å²) in [4.78, 5) is 31.4. The molecule has 1 fully saturated rings. The molecule has 2 atom stereocenters. The van der Waals surface area contributed by atoms with Crippen LogP contribution in [0.4, 0.5) is 8.78 Å². The van der Waals surface area contributed by atoms with Crippen LogP contribution in [0.5, 0.6) is 5.75 Å². The maximum atomic E-state index is 14.5. The molecule has 3 aromatic rings. The molecule has 2 aliphatic rings.